The first-order chi connectivity index (χ1) is 12.2. The highest BCUT2D eigenvalue weighted by Gasteiger charge is 2.33. The molecule has 4 rings (SSSR count). The van der Waals surface area contributed by atoms with E-state index in [0.29, 0.717) is 12.2 Å². The molecule has 1 amide bonds. The maximum absolute atomic E-state index is 13.0. The zero-order valence-electron chi connectivity index (χ0n) is 14.1. The Morgan fingerprint density at radius 2 is 2.00 bits per heavy atom. The fourth-order valence-corrected chi connectivity index (χ4v) is 3.37. The lowest BCUT2D eigenvalue weighted by molar-refractivity contribution is 0.0592. The van der Waals surface area contributed by atoms with Gasteiger partial charge in [-0.2, -0.15) is 0 Å². The third-order valence-electron chi connectivity index (χ3n) is 4.59. The van der Waals surface area contributed by atoms with E-state index in [0.717, 1.165) is 30.8 Å². The van der Waals surface area contributed by atoms with Crippen LogP contribution in [0.3, 0.4) is 0 Å². The third-order valence-corrected chi connectivity index (χ3v) is 4.59. The molecule has 1 atom stereocenters. The molecule has 0 aliphatic carbocycles. The van der Waals surface area contributed by atoms with Gasteiger partial charge in [-0.15, -0.1) is 10.2 Å². The number of hydrogen-bond acceptors (Lipinski definition) is 4. The summed E-state index contributed by atoms with van der Waals surface area (Å²) in [6.45, 7) is 0.710. The van der Waals surface area contributed by atoms with Crippen molar-refractivity contribution in [2.75, 3.05) is 6.54 Å². The van der Waals surface area contributed by atoms with E-state index in [9.17, 15) is 4.79 Å². The summed E-state index contributed by atoms with van der Waals surface area (Å²) in [5.74, 6) is 0.753. The number of amides is 1. The van der Waals surface area contributed by atoms with Crippen molar-refractivity contribution in [1.82, 2.24) is 29.2 Å². The molecule has 1 aliphatic heterocycles. The predicted molar refractivity (Wildman–Crippen MR) is 92.2 cm³/mol. The molecule has 1 aliphatic rings. The van der Waals surface area contributed by atoms with E-state index in [1.807, 2.05) is 46.8 Å². The molecule has 0 spiro atoms. The van der Waals surface area contributed by atoms with Gasteiger partial charge in [-0.1, -0.05) is 18.2 Å². The van der Waals surface area contributed by atoms with E-state index < -0.39 is 0 Å². The van der Waals surface area contributed by atoms with Crippen molar-refractivity contribution in [1.29, 1.82) is 0 Å². The van der Waals surface area contributed by atoms with Crippen molar-refractivity contribution < 1.29 is 4.79 Å². The Labute approximate surface area is 145 Å². The second-order valence-electron chi connectivity index (χ2n) is 6.33. The molecule has 1 aromatic carbocycles. The molecule has 1 saturated heterocycles. The minimum absolute atomic E-state index is 0.0482. The van der Waals surface area contributed by atoms with Crippen LogP contribution in [0.2, 0.25) is 0 Å². The Morgan fingerprint density at radius 3 is 2.76 bits per heavy atom. The number of aryl methyl sites for hydroxylation is 1. The normalized spacial score (nSPS) is 17.6. The first kappa shape index (κ1) is 15.6. The highest BCUT2D eigenvalue weighted by Crippen LogP contribution is 2.31. The molecule has 7 heteroatoms. The SMILES string of the molecule is Cn1cnc(C(=O)N2CCCCC2c2nncn2-c2ccccc2)c1. The molecule has 0 saturated carbocycles. The summed E-state index contributed by atoms with van der Waals surface area (Å²) in [5.41, 5.74) is 1.47. The molecule has 0 radical (unpaired) electrons. The Balaban J connectivity index is 1.69. The summed E-state index contributed by atoms with van der Waals surface area (Å²) in [5, 5.41) is 8.44. The van der Waals surface area contributed by atoms with E-state index in [1.165, 1.54) is 0 Å². The van der Waals surface area contributed by atoms with Crippen LogP contribution in [0.4, 0.5) is 0 Å². The lowest BCUT2D eigenvalue weighted by atomic mass is 10.0. The minimum atomic E-state index is -0.0917. The standard InChI is InChI=1S/C18H20N6O/c1-22-11-15(19-12-22)18(25)23-10-6-5-9-16(23)17-21-20-13-24(17)14-7-3-2-4-8-14/h2-4,7-8,11-13,16H,5-6,9-10H2,1H3. The van der Waals surface area contributed by atoms with Crippen molar-refractivity contribution in [2.45, 2.75) is 25.3 Å². The van der Waals surface area contributed by atoms with Crippen LogP contribution in [-0.2, 0) is 7.05 Å². The molecular formula is C18H20N6O. The van der Waals surface area contributed by atoms with Crippen LogP contribution >= 0.6 is 0 Å². The van der Waals surface area contributed by atoms with Gasteiger partial charge < -0.3 is 9.47 Å². The number of imidazole rings is 1. The average Bonchev–Trinajstić information content (AvgIpc) is 3.31. The molecule has 0 N–H and O–H groups in total. The molecule has 1 fully saturated rings. The quantitative estimate of drug-likeness (QED) is 0.736. The fraction of sp³-hybridized carbons (Fsp3) is 0.333. The van der Waals surface area contributed by atoms with E-state index in [4.69, 9.17) is 0 Å². The zero-order chi connectivity index (χ0) is 17.2. The van der Waals surface area contributed by atoms with Crippen molar-refractivity contribution in [2.24, 2.45) is 7.05 Å². The number of piperidine rings is 1. The van der Waals surface area contributed by atoms with Crippen LogP contribution in [0.25, 0.3) is 5.69 Å². The largest absolute Gasteiger partial charge is 0.340 e. The molecular weight excluding hydrogens is 316 g/mol. The zero-order valence-corrected chi connectivity index (χ0v) is 14.1. The van der Waals surface area contributed by atoms with Crippen LogP contribution in [0, 0.1) is 0 Å². The van der Waals surface area contributed by atoms with Gasteiger partial charge >= 0.3 is 0 Å². The highest BCUT2D eigenvalue weighted by molar-refractivity contribution is 5.92. The lowest BCUT2D eigenvalue weighted by Crippen LogP contribution is -2.39. The number of para-hydroxylation sites is 1. The van der Waals surface area contributed by atoms with Crippen LogP contribution in [-0.4, -0.2) is 41.7 Å². The van der Waals surface area contributed by atoms with Crippen LogP contribution in [0.5, 0.6) is 0 Å². The Bertz CT molecular complexity index is 869. The second-order valence-corrected chi connectivity index (χ2v) is 6.33. The van der Waals surface area contributed by atoms with Gasteiger partial charge in [-0.05, 0) is 31.4 Å². The monoisotopic (exact) mass is 336 g/mol. The summed E-state index contributed by atoms with van der Waals surface area (Å²) >= 11 is 0. The van der Waals surface area contributed by atoms with E-state index >= 15 is 0 Å². The summed E-state index contributed by atoms with van der Waals surface area (Å²) in [6.07, 6.45) is 8.06. The van der Waals surface area contributed by atoms with Gasteiger partial charge in [0.05, 0.1) is 12.4 Å². The lowest BCUT2D eigenvalue weighted by Gasteiger charge is -2.34. The number of carbonyl (C=O) groups is 1. The topological polar surface area (TPSA) is 68.8 Å². The first-order valence-corrected chi connectivity index (χ1v) is 8.48. The van der Waals surface area contributed by atoms with E-state index in [-0.39, 0.29) is 11.9 Å². The van der Waals surface area contributed by atoms with E-state index in [2.05, 4.69) is 15.2 Å². The number of benzene rings is 1. The van der Waals surface area contributed by atoms with Gasteiger partial charge in [0.2, 0.25) is 0 Å². The number of carbonyl (C=O) groups excluding carboxylic acids is 1. The van der Waals surface area contributed by atoms with Crippen molar-refractivity contribution >= 4 is 5.91 Å². The minimum Gasteiger partial charge on any atom is -0.340 e. The fourth-order valence-electron chi connectivity index (χ4n) is 3.37. The summed E-state index contributed by atoms with van der Waals surface area (Å²) in [6, 6.07) is 9.88. The van der Waals surface area contributed by atoms with Crippen LogP contribution in [0.1, 0.15) is 41.6 Å². The molecule has 3 heterocycles. The maximum Gasteiger partial charge on any atom is 0.274 e. The van der Waals surface area contributed by atoms with Crippen LogP contribution in [0.15, 0.2) is 49.2 Å². The van der Waals surface area contributed by atoms with Crippen molar-refractivity contribution in [3.63, 3.8) is 0 Å². The molecule has 0 bridgehead atoms. The highest BCUT2D eigenvalue weighted by atomic mass is 16.2. The van der Waals surface area contributed by atoms with Crippen molar-refractivity contribution in [3.05, 3.63) is 60.7 Å². The molecule has 1 unspecified atom stereocenters. The summed E-state index contributed by atoms with van der Waals surface area (Å²) < 4.78 is 3.76. The molecule has 2 aromatic heterocycles. The Hall–Kier alpha value is -2.96. The summed E-state index contributed by atoms with van der Waals surface area (Å²) in [7, 11) is 1.86. The molecule has 128 valence electrons. The Kier molecular flexibility index (Phi) is 4.05. The number of likely N-dealkylation sites (tertiary alicyclic amines) is 1. The summed E-state index contributed by atoms with van der Waals surface area (Å²) in [4.78, 5) is 19.1. The van der Waals surface area contributed by atoms with Crippen LogP contribution < -0.4 is 0 Å². The predicted octanol–water partition coefficient (Wildman–Crippen LogP) is 2.37. The number of aromatic nitrogens is 5. The average molecular weight is 336 g/mol. The molecule has 25 heavy (non-hydrogen) atoms. The first-order valence-electron chi connectivity index (χ1n) is 8.48. The molecule has 7 nitrogen and oxygen atoms in total. The van der Waals surface area contributed by atoms with Gasteiger partial charge in [-0.3, -0.25) is 9.36 Å². The van der Waals surface area contributed by atoms with Gasteiger partial charge in [0.25, 0.3) is 5.91 Å². The van der Waals surface area contributed by atoms with Gasteiger partial charge in [-0.25, -0.2) is 4.98 Å². The third kappa shape index (κ3) is 2.93. The number of nitrogens with zero attached hydrogens (tertiary/aromatic N) is 6. The van der Waals surface area contributed by atoms with Gasteiger partial charge in [0, 0.05) is 25.5 Å². The van der Waals surface area contributed by atoms with Gasteiger partial charge in [0.1, 0.15) is 12.0 Å². The Morgan fingerprint density at radius 1 is 1.16 bits per heavy atom. The van der Waals surface area contributed by atoms with Gasteiger partial charge in [0.15, 0.2) is 5.82 Å². The van der Waals surface area contributed by atoms with Crippen molar-refractivity contribution in [3.8, 4) is 5.69 Å². The van der Waals surface area contributed by atoms with E-state index in [1.54, 1.807) is 23.4 Å². The second kappa shape index (κ2) is 6.51. The maximum atomic E-state index is 13.0. The smallest absolute Gasteiger partial charge is 0.274 e. The number of hydrogen-bond donors (Lipinski definition) is 0. The number of rotatable bonds is 3. The molecule has 3 aromatic rings.